The van der Waals surface area contributed by atoms with E-state index >= 15 is 0 Å². The Hall–Kier alpha value is -4.17. The molecule has 0 aliphatic heterocycles. The summed E-state index contributed by atoms with van der Waals surface area (Å²) in [6, 6.07) is 23.6. The first-order chi connectivity index (χ1) is 18.0. The van der Waals surface area contributed by atoms with Crippen LogP contribution in [0.15, 0.2) is 72.8 Å². The SMILES string of the molecule is COc1ccc(CN(Cc2ccc(OC)cc2)c2nc(Cl)cc3nn(Cc4cccc(C)n4)nc23)cc1. The molecule has 0 unspecified atom stereocenters. The molecule has 3 aromatic heterocycles. The molecule has 5 aromatic rings. The lowest BCUT2D eigenvalue weighted by molar-refractivity contribution is 0.414. The number of halogens is 1. The van der Waals surface area contributed by atoms with Crippen molar-refractivity contribution in [1.29, 1.82) is 0 Å². The van der Waals surface area contributed by atoms with Crippen LogP contribution in [-0.2, 0) is 19.6 Å². The summed E-state index contributed by atoms with van der Waals surface area (Å²) < 4.78 is 10.7. The summed E-state index contributed by atoms with van der Waals surface area (Å²) in [7, 11) is 3.32. The number of aryl methyl sites for hydroxylation is 1. The highest BCUT2D eigenvalue weighted by Gasteiger charge is 2.19. The monoisotopic (exact) mass is 514 g/mol. The molecule has 0 saturated heterocycles. The number of ether oxygens (including phenoxy) is 2. The van der Waals surface area contributed by atoms with Crippen molar-refractivity contribution in [2.24, 2.45) is 0 Å². The Bertz CT molecular complexity index is 1450. The molecular weight excluding hydrogens is 488 g/mol. The molecule has 188 valence electrons. The molecule has 0 bridgehead atoms. The fourth-order valence-electron chi connectivity index (χ4n) is 4.15. The van der Waals surface area contributed by atoms with Gasteiger partial charge in [0.15, 0.2) is 11.3 Å². The van der Waals surface area contributed by atoms with Crippen molar-refractivity contribution in [2.75, 3.05) is 19.1 Å². The van der Waals surface area contributed by atoms with Gasteiger partial charge in [-0.15, -0.1) is 5.10 Å². The zero-order chi connectivity index (χ0) is 25.8. The molecule has 0 fully saturated rings. The maximum atomic E-state index is 6.48. The predicted molar refractivity (Wildman–Crippen MR) is 144 cm³/mol. The molecule has 0 N–H and O–H groups in total. The number of methoxy groups -OCH3 is 2. The lowest BCUT2D eigenvalue weighted by Gasteiger charge is -2.24. The molecule has 0 radical (unpaired) electrons. The van der Waals surface area contributed by atoms with Gasteiger partial charge in [0.05, 0.1) is 19.9 Å². The van der Waals surface area contributed by atoms with Gasteiger partial charge in [0.1, 0.15) is 28.7 Å². The van der Waals surface area contributed by atoms with Crippen LogP contribution in [-0.4, -0.2) is 39.2 Å². The Morgan fingerprint density at radius 3 is 2.00 bits per heavy atom. The Balaban J connectivity index is 1.53. The number of pyridine rings is 2. The quantitative estimate of drug-likeness (QED) is 0.242. The van der Waals surface area contributed by atoms with Gasteiger partial charge in [-0.1, -0.05) is 41.9 Å². The second kappa shape index (κ2) is 10.8. The van der Waals surface area contributed by atoms with Crippen LogP contribution < -0.4 is 14.4 Å². The number of aromatic nitrogens is 5. The van der Waals surface area contributed by atoms with E-state index in [0.717, 1.165) is 34.0 Å². The lowest BCUT2D eigenvalue weighted by atomic mass is 10.1. The summed E-state index contributed by atoms with van der Waals surface area (Å²) in [4.78, 5) is 13.1. The van der Waals surface area contributed by atoms with Crippen molar-refractivity contribution in [3.05, 3.63) is 100 Å². The molecule has 0 aliphatic rings. The van der Waals surface area contributed by atoms with Crippen molar-refractivity contribution >= 4 is 28.5 Å². The standard InChI is InChI=1S/C28H27ClN6O2/c1-19-5-4-6-22(30-19)18-35-32-25-15-26(29)31-28(27(25)33-35)34(16-20-7-11-23(36-2)12-8-20)17-21-9-13-24(37-3)14-10-21/h4-15H,16-18H2,1-3H3. The molecule has 9 heteroatoms. The predicted octanol–water partition coefficient (Wildman–Crippen LogP) is 5.46. The van der Waals surface area contributed by atoms with Crippen LogP contribution in [0.1, 0.15) is 22.5 Å². The van der Waals surface area contributed by atoms with Crippen LogP contribution in [0, 0.1) is 6.92 Å². The fraction of sp³-hybridized carbons (Fsp3) is 0.214. The number of fused-ring (bicyclic) bond motifs is 1. The largest absolute Gasteiger partial charge is 0.497 e. The van der Waals surface area contributed by atoms with Crippen molar-refractivity contribution in [3.8, 4) is 11.5 Å². The van der Waals surface area contributed by atoms with E-state index in [2.05, 4.69) is 15.0 Å². The summed E-state index contributed by atoms with van der Waals surface area (Å²) in [5.74, 6) is 2.28. The number of hydrogen-bond acceptors (Lipinski definition) is 7. The van der Waals surface area contributed by atoms with Gasteiger partial charge in [-0.3, -0.25) is 4.98 Å². The van der Waals surface area contributed by atoms with Crippen LogP contribution in [0.4, 0.5) is 5.82 Å². The van der Waals surface area contributed by atoms with E-state index in [1.807, 2.05) is 73.7 Å². The Morgan fingerprint density at radius 2 is 1.43 bits per heavy atom. The average Bonchev–Trinajstić information content (AvgIpc) is 3.30. The van der Waals surface area contributed by atoms with Crippen LogP contribution in [0.2, 0.25) is 5.15 Å². The molecule has 3 heterocycles. The highest BCUT2D eigenvalue weighted by atomic mass is 35.5. The number of rotatable bonds is 9. The first kappa shape index (κ1) is 24.5. The minimum Gasteiger partial charge on any atom is -0.497 e. The van der Waals surface area contributed by atoms with E-state index in [4.69, 9.17) is 31.2 Å². The minimum absolute atomic E-state index is 0.359. The van der Waals surface area contributed by atoms with Crippen LogP contribution >= 0.6 is 11.6 Å². The lowest BCUT2D eigenvalue weighted by Crippen LogP contribution is -2.23. The van der Waals surface area contributed by atoms with Crippen LogP contribution in [0.3, 0.4) is 0 Å². The van der Waals surface area contributed by atoms with Gasteiger partial charge in [0.25, 0.3) is 0 Å². The fourth-order valence-corrected chi connectivity index (χ4v) is 4.33. The molecular formula is C28H27ClN6O2. The second-order valence-corrected chi connectivity index (χ2v) is 9.08. The Labute approximate surface area is 220 Å². The number of hydrogen-bond donors (Lipinski definition) is 0. The maximum Gasteiger partial charge on any atom is 0.161 e. The van der Waals surface area contributed by atoms with E-state index < -0.39 is 0 Å². The highest BCUT2D eigenvalue weighted by molar-refractivity contribution is 6.30. The van der Waals surface area contributed by atoms with E-state index in [1.54, 1.807) is 25.1 Å². The topological polar surface area (TPSA) is 78.2 Å². The normalized spacial score (nSPS) is 11.0. The minimum atomic E-state index is 0.359. The molecule has 0 atom stereocenters. The molecule has 37 heavy (non-hydrogen) atoms. The zero-order valence-electron chi connectivity index (χ0n) is 20.9. The summed E-state index contributed by atoms with van der Waals surface area (Å²) in [5.41, 5.74) is 5.39. The number of nitrogens with zero attached hydrogens (tertiary/aromatic N) is 6. The highest BCUT2D eigenvalue weighted by Crippen LogP contribution is 2.29. The molecule has 8 nitrogen and oxygen atoms in total. The van der Waals surface area contributed by atoms with E-state index in [1.165, 1.54) is 0 Å². The van der Waals surface area contributed by atoms with Crippen molar-refractivity contribution < 1.29 is 9.47 Å². The Morgan fingerprint density at radius 1 is 0.811 bits per heavy atom. The molecule has 0 saturated carbocycles. The first-order valence-corrected chi connectivity index (χ1v) is 12.2. The summed E-state index contributed by atoms with van der Waals surface area (Å²) in [6.07, 6.45) is 0. The van der Waals surface area contributed by atoms with E-state index in [9.17, 15) is 0 Å². The number of benzene rings is 2. The van der Waals surface area contributed by atoms with Crippen molar-refractivity contribution in [2.45, 2.75) is 26.6 Å². The van der Waals surface area contributed by atoms with Crippen molar-refractivity contribution in [1.82, 2.24) is 25.0 Å². The first-order valence-electron chi connectivity index (χ1n) is 11.9. The van der Waals surface area contributed by atoms with E-state index in [0.29, 0.717) is 41.6 Å². The summed E-state index contributed by atoms with van der Waals surface area (Å²) >= 11 is 6.48. The van der Waals surface area contributed by atoms with Crippen molar-refractivity contribution in [3.63, 3.8) is 0 Å². The average molecular weight is 515 g/mol. The maximum absolute atomic E-state index is 6.48. The van der Waals surface area contributed by atoms with Gasteiger partial charge in [-0.25, -0.2) is 4.98 Å². The second-order valence-electron chi connectivity index (χ2n) is 8.69. The number of anilines is 1. The Kier molecular flexibility index (Phi) is 7.18. The molecule has 0 aliphatic carbocycles. The van der Waals surface area contributed by atoms with Gasteiger partial charge in [0.2, 0.25) is 0 Å². The van der Waals surface area contributed by atoms with Crippen LogP contribution in [0.5, 0.6) is 11.5 Å². The molecule has 5 rings (SSSR count). The molecule has 0 amide bonds. The van der Waals surface area contributed by atoms with Gasteiger partial charge in [-0.05, 0) is 54.4 Å². The molecule has 0 spiro atoms. The molecule has 2 aromatic carbocycles. The van der Waals surface area contributed by atoms with Crippen LogP contribution in [0.25, 0.3) is 11.0 Å². The third-order valence-corrected chi connectivity index (χ3v) is 6.17. The summed E-state index contributed by atoms with van der Waals surface area (Å²) in [5, 5.41) is 9.84. The third-order valence-electron chi connectivity index (χ3n) is 5.98. The smallest absolute Gasteiger partial charge is 0.161 e. The van der Waals surface area contributed by atoms with E-state index in [-0.39, 0.29) is 0 Å². The zero-order valence-corrected chi connectivity index (χ0v) is 21.7. The van der Waals surface area contributed by atoms with Gasteiger partial charge < -0.3 is 14.4 Å². The van der Waals surface area contributed by atoms with Gasteiger partial charge in [0, 0.05) is 24.8 Å². The summed E-state index contributed by atoms with van der Waals surface area (Å²) in [6.45, 7) is 3.59. The van der Waals surface area contributed by atoms with Gasteiger partial charge in [-0.2, -0.15) is 9.90 Å². The van der Waals surface area contributed by atoms with Gasteiger partial charge >= 0.3 is 0 Å². The third kappa shape index (κ3) is 5.81.